The van der Waals surface area contributed by atoms with Crippen LogP contribution >= 0.6 is 0 Å². The van der Waals surface area contributed by atoms with Gasteiger partial charge in [-0.2, -0.15) is 0 Å². The molecule has 0 aliphatic heterocycles. The highest BCUT2D eigenvalue weighted by Crippen LogP contribution is 2.48. The van der Waals surface area contributed by atoms with Crippen molar-refractivity contribution in [3.8, 4) is 0 Å². The third kappa shape index (κ3) is 4.94. The van der Waals surface area contributed by atoms with Crippen molar-refractivity contribution in [2.75, 3.05) is 13.2 Å². The summed E-state index contributed by atoms with van der Waals surface area (Å²) in [7, 11) is 0. The smallest absolute Gasteiger partial charge is 0.315 e. The average Bonchev–Trinajstić information content (AvgIpc) is 3.07. The Bertz CT molecular complexity index is 240. The fourth-order valence-electron chi connectivity index (χ4n) is 2.26. The average molecular weight is 242 g/mol. The molecule has 0 bridgehead atoms. The Morgan fingerprint density at radius 3 is 2.59 bits per heavy atom. The van der Waals surface area contributed by atoms with Crippen molar-refractivity contribution in [1.29, 1.82) is 0 Å². The number of amides is 2. The highest BCUT2D eigenvalue weighted by Gasteiger charge is 2.41. The first kappa shape index (κ1) is 14.3. The van der Waals surface area contributed by atoms with Crippen LogP contribution in [0.1, 0.15) is 52.4 Å². The first-order valence-corrected chi connectivity index (χ1v) is 6.81. The normalized spacial score (nSPS) is 18.5. The van der Waals surface area contributed by atoms with E-state index in [2.05, 4.69) is 17.6 Å². The molecule has 0 aromatic carbocycles. The predicted octanol–water partition coefficient (Wildman–Crippen LogP) is 2.03. The second-order valence-corrected chi connectivity index (χ2v) is 5.19. The molecule has 0 spiro atoms. The zero-order valence-corrected chi connectivity index (χ0v) is 11.1. The van der Waals surface area contributed by atoms with E-state index in [9.17, 15) is 4.79 Å². The molecule has 4 heteroatoms. The van der Waals surface area contributed by atoms with Gasteiger partial charge in [0.05, 0.1) is 0 Å². The molecule has 2 amide bonds. The fourth-order valence-corrected chi connectivity index (χ4v) is 2.26. The maximum atomic E-state index is 11.7. The third-order valence-corrected chi connectivity index (χ3v) is 3.67. The molecule has 1 aliphatic carbocycles. The van der Waals surface area contributed by atoms with Crippen molar-refractivity contribution < 1.29 is 9.90 Å². The van der Waals surface area contributed by atoms with Crippen molar-refractivity contribution in [3.63, 3.8) is 0 Å². The van der Waals surface area contributed by atoms with Gasteiger partial charge in [-0.25, -0.2) is 4.79 Å². The summed E-state index contributed by atoms with van der Waals surface area (Å²) < 4.78 is 0. The number of aliphatic hydroxyl groups is 1. The maximum absolute atomic E-state index is 11.7. The number of aliphatic hydroxyl groups excluding tert-OH is 1. The van der Waals surface area contributed by atoms with Crippen molar-refractivity contribution in [2.24, 2.45) is 5.41 Å². The minimum Gasteiger partial charge on any atom is -0.396 e. The Hall–Kier alpha value is -0.770. The summed E-state index contributed by atoms with van der Waals surface area (Å²) in [5, 5.41) is 14.7. The maximum Gasteiger partial charge on any atom is 0.315 e. The molecule has 1 rings (SSSR count). The number of nitrogens with one attached hydrogen (secondary N) is 2. The van der Waals surface area contributed by atoms with Gasteiger partial charge in [0.25, 0.3) is 0 Å². The van der Waals surface area contributed by atoms with Crippen LogP contribution in [0.2, 0.25) is 0 Å². The Morgan fingerprint density at radius 1 is 1.41 bits per heavy atom. The van der Waals surface area contributed by atoms with Crippen LogP contribution in [0, 0.1) is 5.41 Å². The molecular formula is C13H26N2O2. The van der Waals surface area contributed by atoms with Crippen LogP contribution in [0.15, 0.2) is 0 Å². The van der Waals surface area contributed by atoms with Gasteiger partial charge in [0, 0.05) is 19.2 Å². The van der Waals surface area contributed by atoms with Gasteiger partial charge in [0.15, 0.2) is 0 Å². The molecule has 0 heterocycles. The molecule has 1 aliphatic rings. The van der Waals surface area contributed by atoms with Crippen molar-refractivity contribution in [3.05, 3.63) is 0 Å². The topological polar surface area (TPSA) is 61.4 Å². The number of rotatable bonds is 8. The highest BCUT2D eigenvalue weighted by molar-refractivity contribution is 5.74. The van der Waals surface area contributed by atoms with E-state index >= 15 is 0 Å². The first-order valence-electron chi connectivity index (χ1n) is 6.81. The molecule has 1 saturated carbocycles. The Balaban J connectivity index is 2.20. The first-order chi connectivity index (χ1) is 8.15. The van der Waals surface area contributed by atoms with E-state index in [1.807, 2.05) is 6.92 Å². The van der Waals surface area contributed by atoms with Gasteiger partial charge in [-0.05, 0) is 37.5 Å². The van der Waals surface area contributed by atoms with Crippen molar-refractivity contribution in [1.82, 2.24) is 10.6 Å². The molecule has 0 aromatic heterocycles. The summed E-state index contributed by atoms with van der Waals surface area (Å²) in [6.07, 6.45) is 6.37. The molecule has 17 heavy (non-hydrogen) atoms. The molecule has 1 unspecified atom stereocenters. The predicted molar refractivity (Wildman–Crippen MR) is 68.9 cm³/mol. The summed E-state index contributed by atoms with van der Waals surface area (Å²) >= 11 is 0. The van der Waals surface area contributed by atoms with Crippen LogP contribution in [0.3, 0.4) is 0 Å². The SMILES string of the molecule is CCCC1(CNC(=O)NC(CC)CCO)CC1. The lowest BCUT2D eigenvalue weighted by atomic mass is 10.0. The van der Waals surface area contributed by atoms with Crippen LogP contribution in [0.5, 0.6) is 0 Å². The quantitative estimate of drug-likeness (QED) is 0.610. The Morgan fingerprint density at radius 2 is 2.12 bits per heavy atom. The highest BCUT2D eigenvalue weighted by atomic mass is 16.3. The summed E-state index contributed by atoms with van der Waals surface area (Å²) in [6.45, 7) is 5.12. The summed E-state index contributed by atoms with van der Waals surface area (Å²) in [4.78, 5) is 11.7. The lowest BCUT2D eigenvalue weighted by Crippen LogP contribution is -2.44. The van der Waals surface area contributed by atoms with Crippen molar-refractivity contribution >= 4 is 6.03 Å². The molecule has 100 valence electrons. The molecular weight excluding hydrogens is 216 g/mol. The van der Waals surface area contributed by atoms with Crippen LogP contribution in [0.4, 0.5) is 4.79 Å². The van der Waals surface area contributed by atoms with Crippen LogP contribution in [0.25, 0.3) is 0 Å². The van der Waals surface area contributed by atoms with E-state index in [4.69, 9.17) is 5.11 Å². The third-order valence-electron chi connectivity index (χ3n) is 3.67. The van der Waals surface area contributed by atoms with Crippen molar-refractivity contribution in [2.45, 2.75) is 58.4 Å². The van der Waals surface area contributed by atoms with Crippen LogP contribution in [-0.4, -0.2) is 30.3 Å². The molecule has 4 nitrogen and oxygen atoms in total. The number of hydrogen-bond acceptors (Lipinski definition) is 2. The summed E-state index contributed by atoms with van der Waals surface area (Å²) in [6, 6.07) is -0.00555. The van der Waals surface area contributed by atoms with E-state index in [-0.39, 0.29) is 18.7 Å². The molecule has 1 atom stereocenters. The van der Waals surface area contributed by atoms with E-state index in [0.29, 0.717) is 11.8 Å². The second kappa shape index (κ2) is 6.84. The van der Waals surface area contributed by atoms with E-state index in [1.165, 1.54) is 25.7 Å². The fraction of sp³-hybridized carbons (Fsp3) is 0.923. The van der Waals surface area contributed by atoms with Gasteiger partial charge < -0.3 is 15.7 Å². The largest absolute Gasteiger partial charge is 0.396 e. The van der Waals surface area contributed by atoms with E-state index in [0.717, 1.165) is 13.0 Å². The van der Waals surface area contributed by atoms with Gasteiger partial charge in [0.1, 0.15) is 0 Å². The number of hydrogen-bond donors (Lipinski definition) is 3. The van der Waals surface area contributed by atoms with Gasteiger partial charge >= 0.3 is 6.03 Å². The zero-order chi connectivity index (χ0) is 12.7. The van der Waals surface area contributed by atoms with Crippen LogP contribution in [-0.2, 0) is 0 Å². The monoisotopic (exact) mass is 242 g/mol. The number of urea groups is 1. The zero-order valence-electron chi connectivity index (χ0n) is 11.1. The van der Waals surface area contributed by atoms with E-state index in [1.54, 1.807) is 0 Å². The lowest BCUT2D eigenvalue weighted by Gasteiger charge is -2.19. The molecule has 1 fully saturated rings. The number of carbonyl (C=O) groups is 1. The molecule has 0 aromatic rings. The van der Waals surface area contributed by atoms with Gasteiger partial charge in [-0.15, -0.1) is 0 Å². The minimum atomic E-state index is -0.0901. The summed E-state index contributed by atoms with van der Waals surface area (Å²) in [5.74, 6) is 0. The van der Waals surface area contributed by atoms with Crippen LogP contribution < -0.4 is 10.6 Å². The Kier molecular flexibility index (Phi) is 5.75. The van der Waals surface area contributed by atoms with E-state index < -0.39 is 0 Å². The molecule has 0 radical (unpaired) electrons. The number of carbonyl (C=O) groups excluding carboxylic acids is 1. The van der Waals surface area contributed by atoms with Gasteiger partial charge in [0.2, 0.25) is 0 Å². The second-order valence-electron chi connectivity index (χ2n) is 5.19. The minimum absolute atomic E-state index is 0.0846. The standard InChI is InChI=1S/C13H26N2O2/c1-3-6-13(7-8-13)10-14-12(17)15-11(4-2)5-9-16/h11,16H,3-10H2,1-2H3,(H2,14,15,17). The summed E-state index contributed by atoms with van der Waals surface area (Å²) in [5.41, 5.74) is 0.394. The molecule has 3 N–H and O–H groups in total. The lowest BCUT2D eigenvalue weighted by molar-refractivity contribution is 0.225. The molecule has 0 saturated heterocycles. The van der Waals surface area contributed by atoms with Gasteiger partial charge in [-0.1, -0.05) is 20.3 Å². The van der Waals surface area contributed by atoms with Gasteiger partial charge in [-0.3, -0.25) is 0 Å². The Labute approximate surface area is 104 Å².